The summed E-state index contributed by atoms with van der Waals surface area (Å²) in [4.78, 5) is 14.8. The summed E-state index contributed by atoms with van der Waals surface area (Å²) in [6, 6.07) is 10.9. The van der Waals surface area contributed by atoms with Crippen molar-refractivity contribution in [2.24, 2.45) is 0 Å². The molecule has 1 aliphatic rings. The van der Waals surface area contributed by atoms with Gasteiger partial charge in [-0.25, -0.2) is 0 Å². The molecule has 3 N–H and O–H groups in total. The minimum absolute atomic E-state index is 0.124. The number of nitrogens with zero attached hydrogens (tertiary/aromatic N) is 2. The standard InChI is InChI=1S/C24H27N3O4/c1-4-10-31-17-7-5-6-16(13-17)23-20-21(19-15(3)11-14(2)12-18(19)29)25-26-22(20)24(30)27(23)8-9-28/h5-7,11-13,23,28-29H,4,8-10H2,1-3H3,(H,25,26). The van der Waals surface area contributed by atoms with E-state index in [4.69, 9.17) is 4.74 Å². The second kappa shape index (κ2) is 8.43. The van der Waals surface area contributed by atoms with E-state index in [1.54, 1.807) is 11.0 Å². The van der Waals surface area contributed by atoms with Crippen LogP contribution in [-0.2, 0) is 0 Å². The number of amides is 1. The first kappa shape index (κ1) is 20.9. The van der Waals surface area contributed by atoms with Crippen molar-refractivity contribution >= 4 is 5.91 Å². The SMILES string of the molecule is CCCOc1cccc(C2c3c(-c4c(C)cc(C)cc4O)n[nH]c3C(=O)N2CCO)c1. The lowest BCUT2D eigenvalue weighted by atomic mass is 9.93. The van der Waals surface area contributed by atoms with Crippen molar-refractivity contribution in [1.82, 2.24) is 15.1 Å². The maximum atomic E-state index is 13.1. The van der Waals surface area contributed by atoms with Crippen LogP contribution in [0, 0.1) is 13.8 Å². The number of aliphatic hydroxyl groups excluding tert-OH is 1. The molecular weight excluding hydrogens is 394 g/mol. The van der Waals surface area contributed by atoms with Crippen LogP contribution in [0.2, 0.25) is 0 Å². The summed E-state index contributed by atoms with van der Waals surface area (Å²) in [5.74, 6) is 0.624. The third-order valence-electron chi connectivity index (χ3n) is 5.55. The van der Waals surface area contributed by atoms with Crippen molar-refractivity contribution in [3.63, 3.8) is 0 Å². The number of aromatic nitrogens is 2. The van der Waals surface area contributed by atoms with Crippen molar-refractivity contribution in [3.05, 3.63) is 64.3 Å². The van der Waals surface area contributed by atoms with Gasteiger partial charge in [0, 0.05) is 17.7 Å². The number of benzene rings is 2. The second-order valence-electron chi connectivity index (χ2n) is 7.88. The maximum absolute atomic E-state index is 13.1. The average molecular weight is 421 g/mol. The number of hydrogen-bond acceptors (Lipinski definition) is 5. The number of carbonyl (C=O) groups is 1. The molecule has 7 nitrogen and oxygen atoms in total. The number of aromatic hydroxyl groups is 1. The minimum Gasteiger partial charge on any atom is -0.507 e. The van der Waals surface area contributed by atoms with E-state index >= 15 is 0 Å². The Morgan fingerprint density at radius 3 is 2.74 bits per heavy atom. The number of rotatable bonds is 7. The normalized spacial score (nSPS) is 15.4. The van der Waals surface area contributed by atoms with Gasteiger partial charge in [-0.1, -0.05) is 25.1 Å². The fraction of sp³-hybridized carbons (Fsp3) is 0.333. The maximum Gasteiger partial charge on any atom is 0.273 e. The van der Waals surface area contributed by atoms with Crippen LogP contribution in [0.4, 0.5) is 0 Å². The second-order valence-corrected chi connectivity index (χ2v) is 7.88. The van der Waals surface area contributed by atoms with E-state index in [2.05, 4.69) is 10.2 Å². The van der Waals surface area contributed by atoms with Gasteiger partial charge < -0.3 is 19.8 Å². The highest BCUT2D eigenvalue weighted by Crippen LogP contribution is 2.45. The first-order valence-corrected chi connectivity index (χ1v) is 10.5. The highest BCUT2D eigenvalue weighted by molar-refractivity contribution is 6.00. The largest absolute Gasteiger partial charge is 0.507 e. The van der Waals surface area contributed by atoms with Gasteiger partial charge in [-0.2, -0.15) is 5.10 Å². The number of phenols is 1. The van der Waals surface area contributed by atoms with Crippen LogP contribution in [0.5, 0.6) is 11.5 Å². The van der Waals surface area contributed by atoms with Crippen molar-refractivity contribution in [3.8, 4) is 22.8 Å². The Kier molecular flexibility index (Phi) is 5.69. The highest BCUT2D eigenvalue weighted by Gasteiger charge is 2.42. The summed E-state index contributed by atoms with van der Waals surface area (Å²) in [5, 5.41) is 27.6. The number of phenolic OH excluding ortho intramolecular Hbond substituents is 1. The Morgan fingerprint density at radius 1 is 1.23 bits per heavy atom. The number of hydrogen-bond donors (Lipinski definition) is 3. The molecule has 1 unspecified atom stereocenters. The molecule has 0 fully saturated rings. The van der Waals surface area contributed by atoms with Gasteiger partial charge in [0.15, 0.2) is 0 Å². The third-order valence-corrected chi connectivity index (χ3v) is 5.55. The predicted octanol–water partition coefficient (Wildman–Crippen LogP) is 3.73. The van der Waals surface area contributed by atoms with Crippen LogP contribution in [0.15, 0.2) is 36.4 Å². The lowest BCUT2D eigenvalue weighted by Crippen LogP contribution is -2.32. The van der Waals surface area contributed by atoms with Gasteiger partial charge in [0.05, 0.1) is 19.3 Å². The molecule has 0 spiro atoms. The molecule has 4 rings (SSSR count). The molecule has 1 amide bonds. The summed E-state index contributed by atoms with van der Waals surface area (Å²) < 4.78 is 5.80. The Labute approximate surface area is 181 Å². The molecule has 1 aliphatic heterocycles. The molecule has 0 radical (unpaired) electrons. The molecular formula is C24H27N3O4. The summed E-state index contributed by atoms with van der Waals surface area (Å²) in [5.41, 5.74) is 4.91. The van der Waals surface area contributed by atoms with Gasteiger partial charge in [-0.15, -0.1) is 0 Å². The molecule has 7 heteroatoms. The van der Waals surface area contributed by atoms with E-state index in [0.29, 0.717) is 29.1 Å². The summed E-state index contributed by atoms with van der Waals surface area (Å²) in [6.07, 6.45) is 0.894. The number of β-amino-alcohol motifs (C(OH)–C–C–N with tert-alkyl or cyclic N) is 1. The Morgan fingerprint density at radius 2 is 2.03 bits per heavy atom. The molecule has 2 aromatic carbocycles. The third kappa shape index (κ3) is 3.65. The van der Waals surface area contributed by atoms with E-state index in [-0.39, 0.29) is 24.8 Å². The lowest BCUT2D eigenvalue weighted by molar-refractivity contribution is 0.0706. The zero-order valence-corrected chi connectivity index (χ0v) is 18.0. The van der Waals surface area contributed by atoms with Crippen LogP contribution in [0.25, 0.3) is 11.3 Å². The van der Waals surface area contributed by atoms with E-state index in [9.17, 15) is 15.0 Å². The van der Waals surface area contributed by atoms with Gasteiger partial charge in [-0.3, -0.25) is 9.89 Å². The highest BCUT2D eigenvalue weighted by atomic mass is 16.5. The van der Waals surface area contributed by atoms with Crippen LogP contribution in [0.3, 0.4) is 0 Å². The molecule has 0 saturated carbocycles. The smallest absolute Gasteiger partial charge is 0.273 e. The fourth-order valence-corrected chi connectivity index (χ4v) is 4.32. The molecule has 0 aliphatic carbocycles. The number of aryl methyl sites for hydroxylation is 2. The van der Waals surface area contributed by atoms with Crippen molar-refractivity contribution in [2.75, 3.05) is 19.8 Å². The molecule has 2 heterocycles. The Hall–Kier alpha value is -3.32. The van der Waals surface area contributed by atoms with Gasteiger partial charge in [0.1, 0.15) is 22.9 Å². The zero-order valence-electron chi connectivity index (χ0n) is 18.0. The zero-order chi connectivity index (χ0) is 22.1. The number of aliphatic hydroxyl groups is 1. The number of ether oxygens (including phenoxy) is 1. The molecule has 0 saturated heterocycles. The molecule has 1 atom stereocenters. The van der Waals surface area contributed by atoms with Gasteiger partial charge in [0.25, 0.3) is 5.91 Å². The van der Waals surface area contributed by atoms with E-state index in [1.807, 2.05) is 51.1 Å². The Balaban J connectivity index is 1.88. The molecule has 162 valence electrons. The van der Waals surface area contributed by atoms with Crippen LogP contribution >= 0.6 is 0 Å². The van der Waals surface area contributed by atoms with E-state index < -0.39 is 6.04 Å². The van der Waals surface area contributed by atoms with Crippen molar-refractivity contribution in [1.29, 1.82) is 0 Å². The summed E-state index contributed by atoms with van der Waals surface area (Å²) in [6.45, 7) is 6.51. The van der Waals surface area contributed by atoms with E-state index in [1.165, 1.54) is 0 Å². The summed E-state index contributed by atoms with van der Waals surface area (Å²) >= 11 is 0. The molecule has 3 aromatic rings. The van der Waals surface area contributed by atoms with Crippen LogP contribution < -0.4 is 4.74 Å². The number of H-pyrrole nitrogens is 1. The molecule has 0 bridgehead atoms. The fourth-order valence-electron chi connectivity index (χ4n) is 4.32. The van der Waals surface area contributed by atoms with Gasteiger partial charge >= 0.3 is 0 Å². The first-order valence-electron chi connectivity index (χ1n) is 10.5. The van der Waals surface area contributed by atoms with Crippen molar-refractivity contribution < 1.29 is 19.7 Å². The number of carbonyl (C=O) groups excluding carboxylic acids is 1. The topological polar surface area (TPSA) is 98.7 Å². The minimum atomic E-state index is -0.450. The van der Waals surface area contributed by atoms with Gasteiger partial charge in [0.2, 0.25) is 0 Å². The van der Waals surface area contributed by atoms with Crippen molar-refractivity contribution in [2.45, 2.75) is 33.2 Å². The molecule has 31 heavy (non-hydrogen) atoms. The summed E-state index contributed by atoms with van der Waals surface area (Å²) in [7, 11) is 0. The van der Waals surface area contributed by atoms with Gasteiger partial charge in [-0.05, 0) is 55.2 Å². The molecule has 1 aromatic heterocycles. The predicted molar refractivity (Wildman–Crippen MR) is 117 cm³/mol. The number of aromatic amines is 1. The first-order chi connectivity index (χ1) is 15.0. The Bertz CT molecular complexity index is 1100. The monoisotopic (exact) mass is 421 g/mol. The quantitative estimate of drug-likeness (QED) is 0.540. The van der Waals surface area contributed by atoms with Crippen LogP contribution in [-0.4, -0.2) is 51.0 Å². The number of fused-ring (bicyclic) bond motifs is 1. The average Bonchev–Trinajstić information content (AvgIpc) is 3.26. The lowest BCUT2D eigenvalue weighted by Gasteiger charge is -2.26. The number of nitrogens with one attached hydrogen (secondary N) is 1. The van der Waals surface area contributed by atoms with Crippen LogP contribution in [0.1, 0.15) is 52.1 Å². The van der Waals surface area contributed by atoms with E-state index in [0.717, 1.165) is 28.9 Å².